The van der Waals surface area contributed by atoms with Gasteiger partial charge in [-0.05, 0) is 36.3 Å². The van der Waals surface area contributed by atoms with Gasteiger partial charge in [-0.1, -0.05) is 18.2 Å². The number of rotatable bonds is 3. The van der Waals surface area contributed by atoms with Crippen molar-refractivity contribution >= 4 is 28.9 Å². The lowest BCUT2D eigenvalue weighted by Gasteiger charge is -2.25. The van der Waals surface area contributed by atoms with Gasteiger partial charge in [0.05, 0.1) is 16.8 Å². The molecule has 0 bridgehead atoms. The van der Waals surface area contributed by atoms with Crippen molar-refractivity contribution in [1.82, 2.24) is 15.1 Å². The summed E-state index contributed by atoms with van der Waals surface area (Å²) in [5, 5.41) is 7.95. The Morgan fingerprint density at radius 3 is 2.69 bits per heavy atom. The number of hydrogen-bond donors (Lipinski definition) is 1. The summed E-state index contributed by atoms with van der Waals surface area (Å²) < 4.78 is 27.6. The maximum absolute atomic E-state index is 14.6. The van der Waals surface area contributed by atoms with Gasteiger partial charge in [-0.2, -0.15) is 5.10 Å². The summed E-state index contributed by atoms with van der Waals surface area (Å²) in [5.74, 6) is 0.0814. The predicted molar refractivity (Wildman–Crippen MR) is 100 cm³/mol. The van der Waals surface area contributed by atoms with E-state index in [0.29, 0.717) is 29.2 Å². The van der Waals surface area contributed by atoms with Gasteiger partial charge in [0.1, 0.15) is 17.5 Å². The van der Waals surface area contributed by atoms with Gasteiger partial charge in [-0.3, -0.25) is 10.1 Å². The topological polar surface area (TPSA) is 44.3 Å². The van der Waals surface area contributed by atoms with Crippen molar-refractivity contribution in [3.63, 3.8) is 0 Å². The molecule has 1 N–H and O–H groups in total. The van der Waals surface area contributed by atoms with Crippen molar-refractivity contribution < 1.29 is 8.78 Å². The summed E-state index contributed by atoms with van der Waals surface area (Å²) in [7, 11) is 1.92. The van der Waals surface area contributed by atoms with Crippen LogP contribution >= 0.6 is 0 Å². The number of halogens is 2. The lowest BCUT2D eigenvalue weighted by atomic mass is 10.1. The van der Waals surface area contributed by atoms with E-state index in [2.05, 4.69) is 15.2 Å². The highest BCUT2D eigenvalue weighted by molar-refractivity contribution is 6.03. The van der Waals surface area contributed by atoms with E-state index in [1.165, 1.54) is 18.2 Å². The minimum atomic E-state index is -0.317. The first-order chi connectivity index (χ1) is 12.6. The molecule has 0 radical (unpaired) electrons. The molecule has 1 aromatic heterocycles. The first-order valence-electron chi connectivity index (χ1n) is 8.49. The molecule has 0 saturated carbocycles. The molecule has 0 fully saturated rings. The molecule has 0 saturated heterocycles. The summed E-state index contributed by atoms with van der Waals surface area (Å²) >= 11 is 0. The summed E-state index contributed by atoms with van der Waals surface area (Å²) in [5.41, 5.74) is 2.67. The maximum atomic E-state index is 14.6. The molecule has 0 spiro atoms. The lowest BCUT2D eigenvalue weighted by Crippen LogP contribution is -2.33. The van der Waals surface area contributed by atoms with E-state index >= 15 is 0 Å². The molecule has 26 heavy (non-hydrogen) atoms. The van der Waals surface area contributed by atoms with Crippen LogP contribution in [0.2, 0.25) is 0 Å². The van der Waals surface area contributed by atoms with Crippen LogP contribution in [0, 0.1) is 11.6 Å². The van der Waals surface area contributed by atoms with Gasteiger partial charge in [0.2, 0.25) is 0 Å². The van der Waals surface area contributed by atoms with E-state index < -0.39 is 0 Å². The third-order valence-corrected chi connectivity index (χ3v) is 4.50. The molecule has 1 aliphatic heterocycles. The van der Waals surface area contributed by atoms with Crippen LogP contribution in [0.25, 0.3) is 23.1 Å². The van der Waals surface area contributed by atoms with E-state index in [9.17, 15) is 8.78 Å². The van der Waals surface area contributed by atoms with Crippen LogP contribution in [0.3, 0.4) is 0 Å². The van der Waals surface area contributed by atoms with E-state index in [0.717, 1.165) is 23.9 Å². The molecule has 4 nitrogen and oxygen atoms in total. The van der Waals surface area contributed by atoms with Crippen LogP contribution in [0.15, 0.2) is 41.4 Å². The fourth-order valence-corrected chi connectivity index (χ4v) is 3.12. The molecule has 0 aliphatic carbocycles. The number of aromatic nitrogens is 2. The van der Waals surface area contributed by atoms with Crippen molar-refractivity contribution in [2.75, 3.05) is 20.1 Å². The SMILES string of the molecule is CN1CCCN=C1c1cc2c(C=Cc3ccc(F)cc3)n[nH]c2cc1F. The number of aromatic amines is 1. The molecular weight excluding hydrogens is 334 g/mol. The Kier molecular flexibility index (Phi) is 4.24. The molecule has 0 unspecified atom stereocenters. The third-order valence-electron chi connectivity index (χ3n) is 4.50. The Morgan fingerprint density at radius 2 is 1.92 bits per heavy atom. The number of aliphatic imine (C=N–C) groups is 1. The minimum Gasteiger partial charge on any atom is -0.359 e. The Balaban J connectivity index is 1.74. The first-order valence-corrected chi connectivity index (χ1v) is 8.49. The van der Waals surface area contributed by atoms with Gasteiger partial charge in [0, 0.05) is 31.6 Å². The average molecular weight is 352 g/mol. The Morgan fingerprint density at radius 1 is 1.12 bits per heavy atom. The Bertz CT molecular complexity index is 1000. The number of amidine groups is 1. The maximum Gasteiger partial charge on any atom is 0.136 e. The highest BCUT2D eigenvalue weighted by atomic mass is 19.1. The number of nitrogens with one attached hydrogen (secondary N) is 1. The van der Waals surface area contributed by atoms with Gasteiger partial charge in [-0.25, -0.2) is 8.78 Å². The van der Waals surface area contributed by atoms with Crippen molar-refractivity contribution in [2.24, 2.45) is 4.99 Å². The fraction of sp³-hybridized carbons (Fsp3) is 0.200. The Hall–Kier alpha value is -3.02. The molecule has 0 atom stereocenters. The largest absolute Gasteiger partial charge is 0.359 e. The second-order valence-electron chi connectivity index (χ2n) is 6.35. The summed E-state index contributed by atoms with van der Waals surface area (Å²) in [6.07, 6.45) is 4.66. The molecule has 2 aromatic carbocycles. The van der Waals surface area contributed by atoms with Crippen molar-refractivity contribution in [1.29, 1.82) is 0 Å². The van der Waals surface area contributed by atoms with Gasteiger partial charge >= 0.3 is 0 Å². The molecule has 3 aromatic rings. The highest BCUT2D eigenvalue weighted by Gasteiger charge is 2.19. The van der Waals surface area contributed by atoms with Crippen molar-refractivity contribution in [3.8, 4) is 0 Å². The predicted octanol–water partition coefficient (Wildman–Crippen LogP) is 4.09. The highest BCUT2D eigenvalue weighted by Crippen LogP contribution is 2.24. The molecule has 6 heteroatoms. The van der Waals surface area contributed by atoms with Crippen molar-refractivity contribution in [3.05, 3.63) is 64.9 Å². The summed E-state index contributed by atoms with van der Waals surface area (Å²) in [6, 6.07) is 9.45. The van der Waals surface area contributed by atoms with Gasteiger partial charge in [0.25, 0.3) is 0 Å². The smallest absolute Gasteiger partial charge is 0.136 e. The van der Waals surface area contributed by atoms with Crippen LogP contribution in [0.5, 0.6) is 0 Å². The van der Waals surface area contributed by atoms with E-state index in [-0.39, 0.29) is 11.6 Å². The van der Waals surface area contributed by atoms with E-state index in [4.69, 9.17) is 0 Å². The van der Waals surface area contributed by atoms with Crippen LogP contribution in [0.1, 0.15) is 23.2 Å². The van der Waals surface area contributed by atoms with Gasteiger partial charge < -0.3 is 4.90 Å². The van der Waals surface area contributed by atoms with Crippen molar-refractivity contribution in [2.45, 2.75) is 6.42 Å². The number of hydrogen-bond acceptors (Lipinski definition) is 3. The zero-order valence-electron chi connectivity index (χ0n) is 14.3. The van der Waals surface area contributed by atoms with Gasteiger partial charge in [0.15, 0.2) is 0 Å². The third kappa shape index (κ3) is 3.10. The minimum absolute atomic E-state index is 0.273. The molecule has 0 amide bonds. The molecular formula is C20H18F2N4. The lowest BCUT2D eigenvalue weighted by molar-refractivity contribution is 0.465. The van der Waals surface area contributed by atoms with Crippen LogP contribution in [-0.2, 0) is 0 Å². The second-order valence-corrected chi connectivity index (χ2v) is 6.35. The summed E-state index contributed by atoms with van der Waals surface area (Å²) in [6.45, 7) is 1.57. The van der Waals surface area contributed by atoms with Gasteiger partial charge in [-0.15, -0.1) is 0 Å². The Labute approximate surface area is 149 Å². The van der Waals surface area contributed by atoms with Crippen LogP contribution in [-0.4, -0.2) is 41.1 Å². The standard InChI is InChI=1S/C20H18F2N4/c1-26-10-2-9-23-20(26)15-11-16-18(24-25-19(16)12-17(15)22)8-5-13-3-6-14(21)7-4-13/h3-8,11-12H,2,9-10H2,1H3,(H,24,25). The molecule has 2 heterocycles. The monoisotopic (exact) mass is 352 g/mol. The van der Waals surface area contributed by atoms with E-state index in [1.54, 1.807) is 18.2 Å². The van der Waals surface area contributed by atoms with Crippen LogP contribution in [0.4, 0.5) is 8.78 Å². The number of H-pyrrole nitrogens is 1. The normalized spacial score (nSPS) is 15.0. The first kappa shape index (κ1) is 16.4. The molecule has 132 valence electrons. The fourth-order valence-electron chi connectivity index (χ4n) is 3.12. The molecule has 1 aliphatic rings. The summed E-state index contributed by atoms with van der Waals surface area (Å²) in [4.78, 5) is 6.46. The second kappa shape index (κ2) is 6.71. The quantitative estimate of drug-likeness (QED) is 0.771. The number of benzene rings is 2. The van der Waals surface area contributed by atoms with Crippen LogP contribution < -0.4 is 0 Å². The van der Waals surface area contributed by atoms with E-state index in [1.807, 2.05) is 24.1 Å². The molecule has 4 rings (SSSR count). The average Bonchev–Trinajstić information content (AvgIpc) is 3.03. The number of nitrogens with zero attached hydrogens (tertiary/aromatic N) is 3. The number of fused-ring (bicyclic) bond motifs is 1. The zero-order chi connectivity index (χ0) is 18.1. The zero-order valence-corrected chi connectivity index (χ0v) is 14.3.